The van der Waals surface area contributed by atoms with Gasteiger partial charge in [-0.3, -0.25) is 9.69 Å². The van der Waals surface area contributed by atoms with Crippen LogP contribution in [0.25, 0.3) is 0 Å². The molecule has 1 atom stereocenters. The van der Waals surface area contributed by atoms with Crippen LogP contribution in [0.5, 0.6) is 0 Å². The highest BCUT2D eigenvalue weighted by Crippen LogP contribution is 2.17. The molecule has 1 aromatic rings. The second-order valence-electron chi connectivity index (χ2n) is 2.94. The first-order valence-corrected chi connectivity index (χ1v) is 4.03. The number of aliphatic hydroxyl groups is 1. The number of hydrogen-bond donors (Lipinski definition) is 1. The highest BCUT2D eigenvalue weighted by Gasteiger charge is 2.29. The summed E-state index contributed by atoms with van der Waals surface area (Å²) < 4.78 is 0. The fourth-order valence-corrected chi connectivity index (χ4v) is 1.35. The highest BCUT2D eigenvalue weighted by molar-refractivity contribution is 5.95. The van der Waals surface area contributed by atoms with Crippen molar-refractivity contribution in [2.45, 2.75) is 12.5 Å². The second-order valence-corrected chi connectivity index (χ2v) is 2.94. The number of β-amino-alcohol motifs (C(OH)–C–C–N with tert-alkyl or cyclic N) is 1. The van der Waals surface area contributed by atoms with Crippen LogP contribution in [0.2, 0.25) is 0 Å². The molecule has 5 nitrogen and oxygen atoms in total. The predicted octanol–water partition coefficient (Wildman–Crippen LogP) is -0.426. The van der Waals surface area contributed by atoms with E-state index in [0.717, 1.165) is 0 Å². The molecule has 0 spiro atoms. The predicted molar refractivity (Wildman–Crippen MR) is 45.0 cm³/mol. The molecule has 0 saturated carbocycles. The van der Waals surface area contributed by atoms with Crippen LogP contribution in [0.4, 0.5) is 5.82 Å². The normalized spacial score (nSPS) is 22.4. The molecule has 1 aliphatic rings. The van der Waals surface area contributed by atoms with E-state index in [1.807, 2.05) is 0 Å². The Balaban J connectivity index is 2.23. The first kappa shape index (κ1) is 8.12. The van der Waals surface area contributed by atoms with Crippen LogP contribution in [0.1, 0.15) is 6.42 Å². The third-order valence-corrected chi connectivity index (χ3v) is 1.94. The molecule has 1 fully saturated rings. The molecule has 2 rings (SSSR count). The largest absolute Gasteiger partial charge is 0.391 e. The number of anilines is 1. The summed E-state index contributed by atoms with van der Waals surface area (Å²) >= 11 is 0. The second kappa shape index (κ2) is 3.10. The van der Waals surface area contributed by atoms with E-state index >= 15 is 0 Å². The van der Waals surface area contributed by atoms with Gasteiger partial charge < -0.3 is 5.11 Å². The average molecular weight is 179 g/mol. The van der Waals surface area contributed by atoms with Crippen LogP contribution in [-0.2, 0) is 4.79 Å². The zero-order valence-corrected chi connectivity index (χ0v) is 6.92. The Morgan fingerprint density at radius 1 is 1.62 bits per heavy atom. The fraction of sp³-hybridized carbons (Fsp3) is 0.375. The molecule has 13 heavy (non-hydrogen) atoms. The minimum atomic E-state index is -0.575. The molecule has 0 aromatic carbocycles. The molecule has 0 bridgehead atoms. The van der Waals surface area contributed by atoms with E-state index in [4.69, 9.17) is 0 Å². The van der Waals surface area contributed by atoms with Crippen LogP contribution in [0, 0.1) is 0 Å². The Hall–Kier alpha value is -1.49. The quantitative estimate of drug-likeness (QED) is 0.635. The standard InChI is InChI=1S/C8H9N3O2/c12-6-4-8(13)11(5-6)7-2-1-3-9-10-7/h1-3,6,12H,4-5H2. The van der Waals surface area contributed by atoms with Gasteiger partial charge in [-0.05, 0) is 12.1 Å². The molecule has 2 heterocycles. The van der Waals surface area contributed by atoms with E-state index in [1.165, 1.54) is 4.90 Å². The lowest BCUT2D eigenvalue weighted by atomic mass is 10.3. The first-order chi connectivity index (χ1) is 6.27. The molecule has 1 amide bonds. The van der Waals surface area contributed by atoms with Gasteiger partial charge in [-0.25, -0.2) is 0 Å². The Bertz CT molecular complexity index is 314. The summed E-state index contributed by atoms with van der Waals surface area (Å²) in [5.41, 5.74) is 0. The number of amides is 1. The monoisotopic (exact) mass is 179 g/mol. The summed E-state index contributed by atoms with van der Waals surface area (Å²) in [5, 5.41) is 16.7. The number of rotatable bonds is 1. The van der Waals surface area contributed by atoms with Crippen molar-refractivity contribution in [1.82, 2.24) is 10.2 Å². The topological polar surface area (TPSA) is 66.3 Å². The van der Waals surface area contributed by atoms with Crippen molar-refractivity contribution in [2.75, 3.05) is 11.4 Å². The van der Waals surface area contributed by atoms with E-state index in [1.54, 1.807) is 18.3 Å². The van der Waals surface area contributed by atoms with E-state index in [0.29, 0.717) is 12.4 Å². The Labute approximate surface area is 75.0 Å². The summed E-state index contributed by atoms with van der Waals surface area (Å²) in [4.78, 5) is 12.7. The third-order valence-electron chi connectivity index (χ3n) is 1.94. The molecule has 1 aromatic heterocycles. The smallest absolute Gasteiger partial charge is 0.230 e. The van der Waals surface area contributed by atoms with Gasteiger partial charge in [0.05, 0.1) is 19.1 Å². The van der Waals surface area contributed by atoms with E-state index < -0.39 is 6.10 Å². The van der Waals surface area contributed by atoms with Gasteiger partial charge in [0, 0.05) is 6.20 Å². The first-order valence-electron chi connectivity index (χ1n) is 4.03. The van der Waals surface area contributed by atoms with Gasteiger partial charge in [-0.15, -0.1) is 5.10 Å². The van der Waals surface area contributed by atoms with Crippen molar-refractivity contribution in [2.24, 2.45) is 0 Å². The van der Waals surface area contributed by atoms with Crippen molar-refractivity contribution in [3.8, 4) is 0 Å². The third kappa shape index (κ3) is 1.50. The number of aromatic nitrogens is 2. The lowest BCUT2D eigenvalue weighted by molar-refractivity contribution is -0.117. The maximum atomic E-state index is 11.3. The summed E-state index contributed by atoms with van der Waals surface area (Å²) in [6.07, 6.45) is 1.14. The van der Waals surface area contributed by atoms with Gasteiger partial charge in [0.25, 0.3) is 0 Å². The lowest BCUT2D eigenvalue weighted by Crippen LogP contribution is -2.26. The summed E-state index contributed by atoms with van der Waals surface area (Å²) in [6, 6.07) is 3.41. The molecule has 68 valence electrons. The Morgan fingerprint density at radius 3 is 3.00 bits per heavy atom. The zero-order chi connectivity index (χ0) is 9.26. The number of carbonyl (C=O) groups is 1. The fourth-order valence-electron chi connectivity index (χ4n) is 1.35. The molecule has 1 aliphatic heterocycles. The molecular formula is C8H9N3O2. The van der Waals surface area contributed by atoms with Gasteiger partial charge in [0.1, 0.15) is 0 Å². The highest BCUT2D eigenvalue weighted by atomic mass is 16.3. The number of hydrogen-bond acceptors (Lipinski definition) is 4. The average Bonchev–Trinajstić information content (AvgIpc) is 2.47. The van der Waals surface area contributed by atoms with Crippen molar-refractivity contribution in [3.63, 3.8) is 0 Å². The molecule has 1 unspecified atom stereocenters. The van der Waals surface area contributed by atoms with E-state index in [-0.39, 0.29) is 12.3 Å². The van der Waals surface area contributed by atoms with E-state index in [9.17, 15) is 9.90 Å². The van der Waals surface area contributed by atoms with Crippen LogP contribution < -0.4 is 4.90 Å². The molecule has 1 N–H and O–H groups in total. The Kier molecular flexibility index (Phi) is 1.94. The molecule has 5 heteroatoms. The summed E-state index contributed by atoms with van der Waals surface area (Å²) in [5.74, 6) is 0.400. The molecule has 1 saturated heterocycles. The van der Waals surface area contributed by atoms with E-state index in [2.05, 4.69) is 10.2 Å². The number of aliphatic hydroxyl groups excluding tert-OH is 1. The number of carbonyl (C=O) groups excluding carboxylic acids is 1. The maximum Gasteiger partial charge on any atom is 0.230 e. The van der Waals surface area contributed by atoms with Crippen molar-refractivity contribution >= 4 is 11.7 Å². The lowest BCUT2D eigenvalue weighted by Gasteiger charge is -2.12. The number of nitrogens with zero attached hydrogens (tertiary/aromatic N) is 3. The minimum Gasteiger partial charge on any atom is -0.391 e. The van der Waals surface area contributed by atoms with Crippen LogP contribution in [-0.4, -0.2) is 33.9 Å². The Morgan fingerprint density at radius 2 is 2.46 bits per heavy atom. The van der Waals surface area contributed by atoms with Crippen molar-refractivity contribution < 1.29 is 9.90 Å². The van der Waals surface area contributed by atoms with Gasteiger partial charge in [0.15, 0.2) is 5.82 Å². The SMILES string of the molecule is O=C1CC(O)CN1c1cccnn1. The molecule has 0 aliphatic carbocycles. The maximum absolute atomic E-state index is 11.3. The summed E-state index contributed by atoms with van der Waals surface area (Å²) in [7, 11) is 0. The summed E-state index contributed by atoms with van der Waals surface area (Å²) in [6.45, 7) is 0.317. The zero-order valence-electron chi connectivity index (χ0n) is 6.92. The van der Waals surface area contributed by atoms with Gasteiger partial charge in [-0.2, -0.15) is 5.10 Å². The molecular weight excluding hydrogens is 170 g/mol. The van der Waals surface area contributed by atoms with Gasteiger partial charge >= 0.3 is 0 Å². The van der Waals surface area contributed by atoms with Crippen LogP contribution in [0.15, 0.2) is 18.3 Å². The van der Waals surface area contributed by atoms with Gasteiger partial charge in [-0.1, -0.05) is 0 Å². The van der Waals surface area contributed by atoms with Crippen molar-refractivity contribution in [1.29, 1.82) is 0 Å². The van der Waals surface area contributed by atoms with Crippen LogP contribution in [0.3, 0.4) is 0 Å². The minimum absolute atomic E-state index is 0.104. The van der Waals surface area contributed by atoms with Crippen molar-refractivity contribution in [3.05, 3.63) is 18.3 Å². The van der Waals surface area contributed by atoms with Crippen LogP contribution >= 0.6 is 0 Å². The molecule has 0 radical (unpaired) electrons. The van der Waals surface area contributed by atoms with Gasteiger partial charge in [0.2, 0.25) is 5.91 Å².